The zero-order chi connectivity index (χ0) is 13.7. The van der Waals surface area contributed by atoms with Crippen LogP contribution in [0.3, 0.4) is 0 Å². The van der Waals surface area contributed by atoms with Crippen LogP contribution in [0, 0.1) is 0 Å². The summed E-state index contributed by atoms with van der Waals surface area (Å²) < 4.78 is 14.6. The third-order valence-electron chi connectivity index (χ3n) is 1.84. The van der Waals surface area contributed by atoms with Crippen molar-refractivity contribution >= 4 is 12.1 Å². The van der Waals surface area contributed by atoms with Crippen molar-refractivity contribution in [1.82, 2.24) is 4.98 Å². The minimum atomic E-state index is -0.959. The highest BCUT2D eigenvalue weighted by atomic mass is 16.7. The number of nitrogens with two attached hydrogens (primary N) is 1. The van der Waals surface area contributed by atoms with E-state index in [2.05, 4.69) is 4.98 Å². The molecule has 0 fully saturated rings. The number of amides is 1. The largest absolute Gasteiger partial charge is 0.514 e. The lowest BCUT2D eigenvalue weighted by atomic mass is 10.3. The molecule has 0 aromatic carbocycles. The molecule has 1 rings (SSSR count). The van der Waals surface area contributed by atoms with E-state index in [1.165, 1.54) is 19.4 Å². The predicted octanol–water partition coefficient (Wildman–Crippen LogP) is 1.11. The van der Waals surface area contributed by atoms with Gasteiger partial charge in [-0.1, -0.05) is 0 Å². The number of carbonyl (C=O) groups excluding carboxylic acids is 2. The van der Waals surface area contributed by atoms with Crippen LogP contribution in [0.15, 0.2) is 12.3 Å². The summed E-state index contributed by atoms with van der Waals surface area (Å²) in [5.74, 6) is -0.820. The second-order valence-corrected chi connectivity index (χ2v) is 3.57. The zero-order valence-corrected chi connectivity index (χ0v) is 10.3. The van der Waals surface area contributed by atoms with E-state index >= 15 is 0 Å². The summed E-state index contributed by atoms with van der Waals surface area (Å²) in [5.41, 5.74) is 4.93. The molecule has 1 amide bonds. The quantitative estimate of drug-likeness (QED) is 0.808. The predicted molar refractivity (Wildman–Crippen MR) is 61.6 cm³/mol. The molecule has 0 atom stereocenters. The lowest BCUT2D eigenvalue weighted by Crippen LogP contribution is -2.20. The molecule has 7 heteroatoms. The normalized spacial score (nSPS) is 10.0. The molecular weight excluding hydrogens is 240 g/mol. The molecule has 0 saturated heterocycles. The maximum absolute atomic E-state index is 11.4. The fourth-order valence-corrected chi connectivity index (χ4v) is 1.17. The van der Waals surface area contributed by atoms with Crippen molar-refractivity contribution in [2.24, 2.45) is 5.73 Å². The van der Waals surface area contributed by atoms with Crippen molar-refractivity contribution in [2.75, 3.05) is 7.11 Å². The summed E-state index contributed by atoms with van der Waals surface area (Å²) in [7, 11) is 1.36. The van der Waals surface area contributed by atoms with Crippen LogP contribution in [-0.2, 0) is 4.74 Å². The van der Waals surface area contributed by atoms with Gasteiger partial charge in [-0.05, 0) is 13.8 Å². The number of ether oxygens (including phenoxy) is 3. The lowest BCUT2D eigenvalue weighted by molar-refractivity contribution is 0.0713. The molecule has 1 aromatic rings. The Morgan fingerprint density at radius 2 is 2.06 bits per heavy atom. The van der Waals surface area contributed by atoms with Gasteiger partial charge in [-0.2, -0.15) is 0 Å². The van der Waals surface area contributed by atoms with Crippen molar-refractivity contribution in [3.63, 3.8) is 0 Å². The average molecular weight is 254 g/mol. The number of rotatable bonds is 4. The van der Waals surface area contributed by atoms with Crippen molar-refractivity contribution in [1.29, 1.82) is 0 Å². The van der Waals surface area contributed by atoms with Crippen molar-refractivity contribution in [2.45, 2.75) is 20.0 Å². The number of hydrogen-bond acceptors (Lipinski definition) is 6. The van der Waals surface area contributed by atoms with Gasteiger partial charge in [0.05, 0.1) is 13.2 Å². The molecule has 0 aliphatic carbocycles. The molecule has 1 aromatic heterocycles. The third kappa shape index (κ3) is 3.34. The number of pyridine rings is 1. The molecule has 0 aliphatic rings. The zero-order valence-electron chi connectivity index (χ0n) is 10.3. The molecule has 98 valence electrons. The molecule has 0 spiro atoms. The molecule has 0 radical (unpaired) electrons. The maximum Gasteiger partial charge on any atom is 0.514 e. The second-order valence-electron chi connectivity index (χ2n) is 3.57. The van der Waals surface area contributed by atoms with Crippen LogP contribution in [0.5, 0.6) is 11.5 Å². The molecule has 0 aliphatic heterocycles. The van der Waals surface area contributed by atoms with Gasteiger partial charge in [0.15, 0.2) is 11.4 Å². The number of primary amides is 1. The number of hydrogen-bond donors (Lipinski definition) is 1. The Morgan fingerprint density at radius 1 is 1.39 bits per heavy atom. The topological polar surface area (TPSA) is 101 Å². The molecule has 0 bridgehead atoms. The first kappa shape index (κ1) is 13.8. The molecule has 2 N–H and O–H groups in total. The maximum atomic E-state index is 11.4. The molecule has 0 unspecified atom stereocenters. The first-order chi connectivity index (χ1) is 8.45. The summed E-state index contributed by atoms with van der Waals surface area (Å²) in [5, 5.41) is 0. The van der Waals surface area contributed by atoms with E-state index in [0.29, 0.717) is 0 Å². The van der Waals surface area contributed by atoms with Gasteiger partial charge in [0, 0.05) is 12.3 Å². The third-order valence-corrected chi connectivity index (χ3v) is 1.84. The highest BCUT2D eigenvalue weighted by Crippen LogP contribution is 2.29. The van der Waals surface area contributed by atoms with Gasteiger partial charge in [0.1, 0.15) is 0 Å². The highest BCUT2D eigenvalue weighted by Gasteiger charge is 2.20. The Balaban J connectivity index is 3.05. The molecule has 7 nitrogen and oxygen atoms in total. The van der Waals surface area contributed by atoms with Crippen LogP contribution in [0.1, 0.15) is 24.3 Å². The molecule has 18 heavy (non-hydrogen) atoms. The summed E-state index contributed by atoms with van der Waals surface area (Å²) in [4.78, 5) is 26.3. The van der Waals surface area contributed by atoms with E-state index in [1.807, 2.05) is 0 Å². The van der Waals surface area contributed by atoms with Gasteiger partial charge < -0.3 is 19.9 Å². The monoisotopic (exact) mass is 254 g/mol. The van der Waals surface area contributed by atoms with Gasteiger partial charge in [0.2, 0.25) is 5.75 Å². The van der Waals surface area contributed by atoms with E-state index in [1.54, 1.807) is 13.8 Å². The van der Waals surface area contributed by atoms with Crippen LogP contribution in [0.25, 0.3) is 0 Å². The SMILES string of the molecule is COc1ccnc(C(N)=O)c1OC(=O)OC(C)C. The van der Waals surface area contributed by atoms with Gasteiger partial charge in [0.25, 0.3) is 5.91 Å². The number of nitrogens with zero attached hydrogens (tertiary/aromatic N) is 1. The fourth-order valence-electron chi connectivity index (χ4n) is 1.17. The Labute approximate surface area is 104 Å². The van der Waals surface area contributed by atoms with Gasteiger partial charge in [-0.3, -0.25) is 4.79 Å². The first-order valence-corrected chi connectivity index (χ1v) is 5.17. The summed E-state index contributed by atoms with van der Waals surface area (Å²) in [6, 6.07) is 1.43. The van der Waals surface area contributed by atoms with E-state index < -0.39 is 12.1 Å². The van der Waals surface area contributed by atoms with E-state index in [0.717, 1.165) is 0 Å². The fraction of sp³-hybridized carbons (Fsp3) is 0.364. The molecular formula is C11H14N2O5. The molecule has 0 saturated carbocycles. The minimum Gasteiger partial charge on any atom is -0.493 e. The van der Waals surface area contributed by atoms with Crippen LogP contribution >= 0.6 is 0 Å². The van der Waals surface area contributed by atoms with Crippen molar-refractivity contribution in [3.8, 4) is 11.5 Å². The highest BCUT2D eigenvalue weighted by molar-refractivity contribution is 5.95. The standard InChI is InChI=1S/C11H14N2O5/c1-6(2)17-11(15)18-9-7(16-3)4-5-13-8(9)10(12)14/h4-6H,1-3H3,(H2,12,14). The van der Waals surface area contributed by atoms with Gasteiger partial charge >= 0.3 is 6.16 Å². The Bertz CT molecular complexity index is 459. The van der Waals surface area contributed by atoms with Crippen LogP contribution in [0.4, 0.5) is 4.79 Å². The van der Waals surface area contributed by atoms with Gasteiger partial charge in [-0.25, -0.2) is 9.78 Å². The second kappa shape index (κ2) is 5.85. The van der Waals surface area contributed by atoms with E-state index in [-0.39, 0.29) is 23.3 Å². The average Bonchev–Trinajstić information content (AvgIpc) is 2.27. The summed E-state index contributed by atoms with van der Waals surface area (Å²) in [6.07, 6.45) is 0.00975. The Morgan fingerprint density at radius 3 is 2.56 bits per heavy atom. The summed E-state index contributed by atoms with van der Waals surface area (Å²) in [6.45, 7) is 3.33. The van der Waals surface area contributed by atoms with Crippen LogP contribution < -0.4 is 15.2 Å². The Hall–Kier alpha value is -2.31. The number of methoxy groups -OCH3 is 1. The molecule has 1 heterocycles. The number of aromatic nitrogens is 1. The van der Waals surface area contributed by atoms with Crippen LogP contribution in [-0.4, -0.2) is 30.3 Å². The van der Waals surface area contributed by atoms with E-state index in [9.17, 15) is 9.59 Å². The Kier molecular flexibility index (Phi) is 4.47. The smallest absolute Gasteiger partial charge is 0.493 e. The lowest BCUT2D eigenvalue weighted by Gasteiger charge is -2.12. The van der Waals surface area contributed by atoms with Crippen molar-refractivity contribution in [3.05, 3.63) is 18.0 Å². The van der Waals surface area contributed by atoms with Crippen molar-refractivity contribution < 1.29 is 23.8 Å². The van der Waals surface area contributed by atoms with E-state index in [4.69, 9.17) is 19.9 Å². The first-order valence-electron chi connectivity index (χ1n) is 5.17. The van der Waals surface area contributed by atoms with Crippen LogP contribution in [0.2, 0.25) is 0 Å². The van der Waals surface area contributed by atoms with Gasteiger partial charge in [-0.15, -0.1) is 0 Å². The summed E-state index contributed by atoms with van der Waals surface area (Å²) >= 11 is 0. The minimum absolute atomic E-state index is 0.154. The number of carbonyl (C=O) groups is 2.